The minimum Gasteiger partial charge on any atom is -0.497 e. The zero-order valence-electron chi connectivity index (χ0n) is 15.7. The zero-order valence-corrected chi connectivity index (χ0v) is 16.5. The molecule has 1 N–H and O–H groups in total. The summed E-state index contributed by atoms with van der Waals surface area (Å²) in [5.41, 5.74) is 1.75. The number of fused-ring (bicyclic) bond motifs is 1. The molecule has 1 amide bonds. The second-order valence-corrected chi connectivity index (χ2v) is 8.31. The van der Waals surface area contributed by atoms with Crippen LogP contribution in [0.2, 0.25) is 0 Å². The molecular formula is C18H24N4O4S. The molecule has 0 saturated heterocycles. The zero-order chi connectivity index (χ0) is 19.6. The van der Waals surface area contributed by atoms with E-state index in [4.69, 9.17) is 4.74 Å². The fourth-order valence-corrected chi connectivity index (χ4v) is 4.48. The monoisotopic (exact) mass is 392 g/mol. The Morgan fingerprint density at radius 2 is 2.00 bits per heavy atom. The number of hydrogen-bond acceptors (Lipinski definition) is 5. The van der Waals surface area contributed by atoms with Gasteiger partial charge in [0.2, 0.25) is 15.9 Å². The second-order valence-electron chi connectivity index (χ2n) is 6.37. The Morgan fingerprint density at radius 3 is 2.63 bits per heavy atom. The van der Waals surface area contributed by atoms with Gasteiger partial charge in [0.1, 0.15) is 11.6 Å². The maximum Gasteiger partial charge on any atom is 0.243 e. The number of nitrogens with one attached hydrogen (secondary N) is 1. The Morgan fingerprint density at radius 1 is 1.30 bits per heavy atom. The maximum atomic E-state index is 13.0. The first kappa shape index (κ1) is 19.4. The molecule has 1 aromatic heterocycles. The number of rotatable bonds is 6. The van der Waals surface area contributed by atoms with Gasteiger partial charge in [-0.25, -0.2) is 13.4 Å². The SMILES string of the molecule is CCC(=O)NCc1nc2c(n1C)CN(S(=O)(=O)c1ccc(OC)cc1)CC2. The third-order valence-corrected chi connectivity index (χ3v) is 6.63. The van der Waals surface area contributed by atoms with Crippen LogP contribution in [-0.4, -0.2) is 41.8 Å². The van der Waals surface area contributed by atoms with Gasteiger partial charge in [-0.2, -0.15) is 4.31 Å². The van der Waals surface area contributed by atoms with E-state index in [2.05, 4.69) is 10.3 Å². The van der Waals surface area contributed by atoms with Crippen molar-refractivity contribution in [2.24, 2.45) is 7.05 Å². The van der Waals surface area contributed by atoms with Crippen molar-refractivity contribution in [2.75, 3.05) is 13.7 Å². The van der Waals surface area contributed by atoms with E-state index in [1.54, 1.807) is 38.3 Å². The van der Waals surface area contributed by atoms with Crippen LogP contribution in [0.4, 0.5) is 0 Å². The van der Waals surface area contributed by atoms with Gasteiger partial charge in [0.25, 0.3) is 0 Å². The molecule has 1 aliphatic heterocycles. The number of hydrogen-bond donors (Lipinski definition) is 1. The lowest BCUT2D eigenvalue weighted by Crippen LogP contribution is -2.36. The van der Waals surface area contributed by atoms with Gasteiger partial charge in [-0.1, -0.05) is 6.92 Å². The van der Waals surface area contributed by atoms with Crippen molar-refractivity contribution in [3.05, 3.63) is 41.5 Å². The summed E-state index contributed by atoms with van der Waals surface area (Å²) in [6.45, 7) is 2.76. The van der Waals surface area contributed by atoms with Crippen molar-refractivity contribution in [3.8, 4) is 5.75 Å². The summed E-state index contributed by atoms with van der Waals surface area (Å²) in [5.74, 6) is 1.30. The van der Waals surface area contributed by atoms with Crippen molar-refractivity contribution in [3.63, 3.8) is 0 Å². The van der Waals surface area contributed by atoms with E-state index in [0.717, 1.165) is 17.2 Å². The second kappa shape index (κ2) is 7.69. The van der Waals surface area contributed by atoms with Crippen molar-refractivity contribution in [1.29, 1.82) is 0 Å². The predicted octanol–water partition coefficient (Wildman–Crippen LogP) is 1.20. The van der Waals surface area contributed by atoms with Gasteiger partial charge >= 0.3 is 0 Å². The molecule has 0 bridgehead atoms. The number of aromatic nitrogens is 2. The van der Waals surface area contributed by atoms with Crippen molar-refractivity contribution in [1.82, 2.24) is 19.2 Å². The highest BCUT2D eigenvalue weighted by molar-refractivity contribution is 7.89. The number of amides is 1. The molecule has 0 aliphatic carbocycles. The molecule has 146 valence electrons. The molecule has 0 spiro atoms. The first-order valence-electron chi connectivity index (χ1n) is 8.81. The van der Waals surface area contributed by atoms with E-state index in [1.165, 1.54) is 4.31 Å². The fraction of sp³-hybridized carbons (Fsp3) is 0.444. The van der Waals surface area contributed by atoms with Crippen LogP contribution in [0.25, 0.3) is 0 Å². The first-order chi connectivity index (χ1) is 12.9. The molecule has 3 rings (SSSR count). The van der Waals surface area contributed by atoms with E-state index in [9.17, 15) is 13.2 Å². The van der Waals surface area contributed by atoms with Gasteiger partial charge in [0, 0.05) is 26.4 Å². The Balaban J connectivity index is 1.80. The number of nitrogens with zero attached hydrogens (tertiary/aromatic N) is 3. The molecule has 0 saturated carbocycles. The summed E-state index contributed by atoms with van der Waals surface area (Å²) in [6.07, 6.45) is 0.957. The van der Waals surface area contributed by atoms with Crippen LogP contribution >= 0.6 is 0 Å². The van der Waals surface area contributed by atoms with Crippen molar-refractivity contribution in [2.45, 2.75) is 37.8 Å². The first-order valence-corrected chi connectivity index (χ1v) is 10.2. The largest absolute Gasteiger partial charge is 0.497 e. The minimum absolute atomic E-state index is 0.0420. The van der Waals surface area contributed by atoms with Crippen LogP contribution in [0.1, 0.15) is 30.6 Å². The molecule has 0 radical (unpaired) electrons. The van der Waals surface area contributed by atoms with Gasteiger partial charge in [0.05, 0.1) is 36.5 Å². The van der Waals surface area contributed by atoms with Gasteiger partial charge in [0.15, 0.2) is 0 Å². The third kappa shape index (κ3) is 3.84. The Hall–Kier alpha value is -2.39. The molecule has 1 aromatic carbocycles. The number of sulfonamides is 1. The Labute approximate surface area is 159 Å². The summed E-state index contributed by atoms with van der Waals surface area (Å²) in [6, 6.07) is 6.39. The highest BCUT2D eigenvalue weighted by Crippen LogP contribution is 2.26. The highest BCUT2D eigenvalue weighted by atomic mass is 32.2. The Kier molecular flexibility index (Phi) is 5.52. The number of benzene rings is 1. The fourth-order valence-electron chi connectivity index (χ4n) is 3.08. The van der Waals surface area contributed by atoms with Gasteiger partial charge in [-0.05, 0) is 24.3 Å². The molecule has 0 fully saturated rings. The molecule has 0 atom stereocenters. The summed E-state index contributed by atoms with van der Waals surface area (Å²) in [4.78, 5) is 16.3. The van der Waals surface area contributed by atoms with E-state index in [0.29, 0.717) is 31.7 Å². The molecule has 1 aliphatic rings. The average molecular weight is 392 g/mol. The van der Waals surface area contributed by atoms with Crippen LogP contribution in [0.3, 0.4) is 0 Å². The van der Waals surface area contributed by atoms with E-state index in [-0.39, 0.29) is 17.3 Å². The number of imidazole rings is 1. The number of methoxy groups -OCH3 is 1. The smallest absolute Gasteiger partial charge is 0.243 e. The van der Waals surface area contributed by atoms with E-state index < -0.39 is 10.0 Å². The normalized spacial score (nSPS) is 14.6. The van der Waals surface area contributed by atoms with Crippen molar-refractivity contribution >= 4 is 15.9 Å². The number of carbonyl (C=O) groups excluding carboxylic acids is 1. The molecule has 8 nitrogen and oxygen atoms in total. The molecule has 2 aromatic rings. The molecular weight excluding hydrogens is 368 g/mol. The quantitative estimate of drug-likeness (QED) is 0.797. The lowest BCUT2D eigenvalue weighted by Gasteiger charge is -2.26. The summed E-state index contributed by atoms with van der Waals surface area (Å²) >= 11 is 0. The molecule has 2 heterocycles. The van der Waals surface area contributed by atoms with Crippen LogP contribution in [0, 0.1) is 0 Å². The van der Waals surface area contributed by atoms with Crippen LogP contribution < -0.4 is 10.1 Å². The predicted molar refractivity (Wildman–Crippen MR) is 99.6 cm³/mol. The lowest BCUT2D eigenvalue weighted by atomic mass is 10.2. The molecule has 9 heteroatoms. The summed E-state index contributed by atoms with van der Waals surface area (Å²) in [7, 11) is -0.210. The van der Waals surface area contributed by atoms with Gasteiger partial charge < -0.3 is 14.6 Å². The molecule has 27 heavy (non-hydrogen) atoms. The Bertz CT molecular complexity index is 935. The lowest BCUT2D eigenvalue weighted by molar-refractivity contribution is -0.120. The number of carbonyl (C=O) groups is 1. The van der Waals surface area contributed by atoms with E-state index >= 15 is 0 Å². The van der Waals surface area contributed by atoms with Gasteiger partial charge in [-0.15, -0.1) is 0 Å². The summed E-state index contributed by atoms with van der Waals surface area (Å²) < 4.78 is 34.4. The highest BCUT2D eigenvalue weighted by Gasteiger charge is 2.31. The van der Waals surface area contributed by atoms with Crippen molar-refractivity contribution < 1.29 is 17.9 Å². The van der Waals surface area contributed by atoms with Gasteiger partial charge in [-0.3, -0.25) is 4.79 Å². The van der Waals surface area contributed by atoms with Crippen LogP contribution in [0.15, 0.2) is 29.2 Å². The topological polar surface area (TPSA) is 93.5 Å². The number of ether oxygens (including phenoxy) is 1. The van der Waals surface area contributed by atoms with Crippen LogP contribution in [-0.2, 0) is 41.4 Å². The van der Waals surface area contributed by atoms with Crippen LogP contribution in [0.5, 0.6) is 5.75 Å². The summed E-state index contributed by atoms with van der Waals surface area (Å²) in [5, 5.41) is 2.81. The minimum atomic E-state index is -3.60. The third-order valence-electron chi connectivity index (χ3n) is 4.78. The maximum absolute atomic E-state index is 13.0. The van der Waals surface area contributed by atoms with E-state index in [1.807, 2.05) is 11.6 Å². The molecule has 0 unspecified atom stereocenters. The average Bonchev–Trinajstić information content (AvgIpc) is 3.01. The standard InChI is InChI=1S/C18H24N4O4S/c1-4-18(23)19-11-17-20-15-9-10-22(12-16(15)21(17)2)27(24,25)14-7-5-13(26-3)6-8-14/h5-8H,4,9-12H2,1-3H3,(H,19,23).